The topological polar surface area (TPSA) is 40.6 Å². The van der Waals surface area contributed by atoms with Crippen molar-refractivity contribution < 1.29 is 18.4 Å². The average molecular weight is 350 g/mol. The Labute approximate surface area is 146 Å². The number of rotatable bonds is 2. The molecule has 1 aromatic carbocycles. The number of halogens is 2. The van der Waals surface area contributed by atoms with E-state index >= 15 is 0 Å². The van der Waals surface area contributed by atoms with E-state index in [9.17, 15) is 18.4 Å². The van der Waals surface area contributed by atoms with Gasteiger partial charge in [0.25, 0.3) is 5.91 Å². The van der Waals surface area contributed by atoms with Crippen LogP contribution in [0.25, 0.3) is 0 Å². The van der Waals surface area contributed by atoms with Crippen LogP contribution >= 0.6 is 0 Å². The van der Waals surface area contributed by atoms with Crippen molar-refractivity contribution in [2.24, 2.45) is 11.8 Å². The minimum absolute atomic E-state index is 0.0206. The van der Waals surface area contributed by atoms with Gasteiger partial charge >= 0.3 is 0 Å². The summed E-state index contributed by atoms with van der Waals surface area (Å²) in [6.45, 7) is 4.74. The van der Waals surface area contributed by atoms with Crippen LogP contribution in [0.15, 0.2) is 18.2 Å². The van der Waals surface area contributed by atoms with Crippen molar-refractivity contribution in [1.29, 1.82) is 0 Å². The van der Waals surface area contributed by atoms with Gasteiger partial charge in [-0.1, -0.05) is 6.92 Å². The molecule has 2 aliphatic heterocycles. The highest BCUT2D eigenvalue weighted by molar-refractivity contribution is 5.94. The Balaban J connectivity index is 1.56. The molecule has 0 saturated carbocycles. The van der Waals surface area contributed by atoms with Gasteiger partial charge in [0.2, 0.25) is 5.91 Å². The van der Waals surface area contributed by atoms with Crippen molar-refractivity contribution in [1.82, 2.24) is 9.80 Å². The van der Waals surface area contributed by atoms with Crippen molar-refractivity contribution in [3.63, 3.8) is 0 Å². The number of amides is 2. The molecule has 2 heterocycles. The van der Waals surface area contributed by atoms with E-state index in [1.165, 1.54) is 0 Å². The van der Waals surface area contributed by atoms with Gasteiger partial charge in [0.05, 0.1) is 0 Å². The average Bonchev–Trinajstić information content (AvgIpc) is 2.60. The first-order valence-corrected chi connectivity index (χ1v) is 8.98. The highest BCUT2D eigenvalue weighted by Crippen LogP contribution is 2.24. The van der Waals surface area contributed by atoms with Crippen molar-refractivity contribution in [2.45, 2.75) is 32.6 Å². The van der Waals surface area contributed by atoms with Crippen LogP contribution in [0, 0.1) is 23.5 Å². The third-order valence-corrected chi connectivity index (χ3v) is 5.34. The van der Waals surface area contributed by atoms with Crippen LogP contribution in [-0.4, -0.2) is 47.8 Å². The lowest BCUT2D eigenvalue weighted by molar-refractivity contribution is -0.138. The number of piperidine rings is 2. The van der Waals surface area contributed by atoms with Gasteiger partial charge in [0.1, 0.15) is 11.6 Å². The predicted molar refractivity (Wildman–Crippen MR) is 90.0 cm³/mol. The predicted octanol–water partition coefficient (Wildman–Crippen LogP) is 3.08. The maximum absolute atomic E-state index is 13.3. The minimum Gasteiger partial charge on any atom is -0.342 e. The number of likely N-dealkylation sites (tertiary alicyclic amines) is 2. The Morgan fingerprint density at radius 2 is 1.40 bits per heavy atom. The third-order valence-electron chi connectivity index (χ3n) is 5.34. The van der Waals surface area contributed by atoms with E-state index in [0.29, 0.717) is 31.8 Å². The van der Waals surface area contributed by atoms with E-state index in [2.05, 4.69) is 6.92 Å². The van der Waals surface area contributed by atoms with Gasteiger partial charge in [-0.15, -0.1) is 0 Å². The van der Waals surface area contributed by atoms with Gasteiger partial charge in [0, 0.05) is 43.7 Å². The summed E-state index contributed by atoms with van der Waals surface area (Å²) in [5.74, 6) is -1.08. The highest BCUT2D eigenvalue weighted by Gasteiger charge is 2.31. The maximum atomic E-state index is 13.3. The van der Waals surface area contributed by atoms with E-state index < -0.39 is 11.6 Å². The summed E-state index contributed by atoms with van der Waals surface area (Å²) in [7, 11) is 0. The fourth-order valence-electron chi connectivity index (χ4n) is 3.68. The number of hydrogen-bond acceptors (Lipinski definition) is 2. The highest BCUT2D eigenvalue weighted by atomic mass is 19.1. The zero-order chi connectivity index (χ0) is 18.0. The molecule has 0 bridgehead atoms. The molecule has 6 heteroatoms. The molecule has 0 N–H and O–H groups in total. The summed E-state index contributed by atoms with van der Waals surface area (Å²) in [6.07, 6.45) is 3.31. The van der Waals surface area contributed by atoms with Crippen LogP contribution in [0.5, 0.6) is 0 Å². The van der Waals surface area contributed by atoms with E-state index in [-0.39, 0.29) is 23.3 Å². The van der Waals surface area contributed by atoms with Crippen LogP contribution in [-0.2, 0) is 4.79 Å². The van der Waals surface area contributed by atoms with Crippen molar-refractivity contribution in [2.75, 3.05) is 26.2 Å². The number of benzene rings is 1. The fourth-order valence-corrected chi connectivity index (χ4v) is 3.68. The maximum Gasteiger partial charge on any atom is 0.254 e. The van der Waals surface area contributed by atoms with Crippen LogP contribution < -0.4 is 0 Å². The molecule has 0 aliphatic carbocycles. The van der Waals surface area contributed by atoms with Gasteiger partial charge in [-0.05, 0) is 43.7 Å². The van der Waals surface area contributed by atoms with Gasteiger partial charge in [0.15, 0.2) is 0 Å². The Hall–Kier alpha value is -1.98. The first-order valence-electron chi connectivity index (χ1n) is 8.98. The monoisotopic (exact) mass is 350 g/mol. The molecule has 2 amide bonds. The Morgan fingerprint density at radius 3 is 1.96 bits per heavy atom. The summed E-state index contributed by atoms with van der Waals surface area (Å²) in [6, 6.07) is 2.86. The van der Waals surface area contributed by atoms with Gasteiger partial charge in [-0.25, -0.2) is 8.78 Å². The normalized spacial score (nSPS) is 20.0. The lowest BCUT2D eigenvalue weighted by atomic mass is 9.92. The van der Waals surface area contributed by atoms with E-state index in [0.717, 1.165) is 44.1 Å². The first kappa shape index (κ1) is 17.8. The molecule has 3 rings (SSSR count). The lowest BCUT2D eigenvalue weighted by Crippen LogP contribution is -2.46. The Kier molecular flexibility index (Phi) is 5.35. The smallest absolute Gasteiger partial charge is 0.254 e. The fraction of sp³-hybridized carbons (Fsp3) is 0.579. The SMILES string of the molecule is CC1CCN(C(=O)C2CCN(C(=O)c3cc(F)cc(F)c3)CC2)CC1. The quantitative estimate of drug-likeness (QED) is 0.822. The molecule has 1 aromatic rings. The molecule has 25 heavy (non-hydrogen) atoms. The molecule has 2 aliphatic rings. The first-order chi connectivity index (χ1) is 11.9. The van der Waals surface area contributed by atoms with Gasteiger partial charge in [-0.2, -0.15) is 0 Å². The molecule has 2 fully saturated rings. The van der Waals surface area contributed by atoms with Crippen molar-refractivity contribution in [3.05, 3.63) is 35.4 Å². The number of carbonyl (C=O) groups is 2. The Bertz CT molecular complexity index is 629. The Morgan fingerprint density at radius 1 is 0.880 bits per heavy atom. The molecule has 0 spiro atoms. The third kappa shape index (κ3) is 4.17. The second kappa shape index (κ2) is 7.50. The minimum atomic E-state index is -0.757. The molecular weight excluding hydrogens is 326 g/mol. The van der Waals surface area contributed by atoms with E-state index in [1.807, 2.05) is 4.90 Å². The largest absolute Gasteiger partial charge is 0.342 e. The number of hydrogen-bond donors (Lipinski definition) is 0. The lowest BCUT2D eigenvalue weighted by Gasteiger charge is -2.36. The van der Waals surface area contributed by atoms with Crippen LogP contribution in [0.3, 0.4) is 0 Å². The molecule has 2 saturated heterocycles. The van der Waals surface area contributed by atoms with Crippen molar-refractivity contribution in [3.8, 4) is 0 Å². The molecule has 136 valence electrons. The molecule has 0 radical (unpaired) electrons. The van der Waals surface area contributed by atoms with Crippen LogP contribution in [0.1, 0.15) is 43.0 Å². The number of nitrogens with zero attached hydrogens (tertiary/aromatic N) is 2. The summed E-state index contributed by atoms with van der Waals surface area (Å²) in [5, 5.41) is 0. The summed E-state index contributed by atoms with van der Waals surface area (Å²) >= 11 is 0. The molecule has 0 unspecified atom stereocenters. The van der Waals surface area contributed by atoms with Crippen LogP contribution in [0.2, 0.25) is 0 Å². The molecule has 0 aromatic heterocycles. The molecule has 4 nitrogen and oxygen atoms in total. The summed E-state index contributed by atoms with van der Waals surface area (Å²) in [4.78, 5) is 28.6. The second-order valence-corrected chi connectivity index (χ2v) is 7.23. The summed E-state index contributed by atoms with van der Waals surface area (Å²) < 4.78 is 26.6. The van der Waals surface area contributed by atoms with Crippen LogP contribution in [0.4, 0.5) is 8.78 Å². The number of carbonyl (C=O) groups excluding carboxylic acids is 2. The summed E-state index contributed by atoms with van der Waals surface area (Å²) in [5.41, 5.74) is 0.0206. The standard InChI is InChI=1S/C19H24F2N2O2/c1-13-2-6-22(7-3-13)18(24)14-4-8-23(9-5-14)19(25)15-10-16(20)12-17(21)11-15/h10-14H,2-9H2,1H3. The van der Waals surface area contributed by atoms with Gasteiger partial charge in [-0.3, -0.25) is 9.59 Å². The molecular formula is C19H24F2N2O2. The zero-order valence-electron chi connectivity index (χ0n) is 14.5. The van der Waals surface area contributed by atoms with E-state index in [1.54, 1.807) is 4.90 Å². The van der Waals surface area contributed by atoms with Gasteiger partial charge < -0.3 is 9.80 Å². The molecule has 0 atom stereocenters. The second-order valence-electron chi connectivity index (χ2n) is 7.23. The van der Waals surface area contributed by atoms with E-state index in [4.69, 9.17) is 0 Å². The zero-order valence-corrected chi connectivity index (χ0v) is 14.5. The van der Waals surface area contributed by atoms with Crippen molar-refractivity contribution >= 4 is 11.8 Å².